The molecule has 0 radical (unpaired) electrons. The van der Waals surface area contributed by atoms with Crippen LogP contribution in [0.1, 0.15) is 33.1 Å². The summed E-state index contributed by atoms with van der Waals surface area (Å²) in [7, 11) is -5.74. The van der Waals surface area contributed by atoms with E-state index in [1.807, 2.05) is 6.08 Å². The number of allylic oxidation sites excluding steroid dienone is 1. The van der Waals surface area contributed by atoms with Crippen molar-refractivity contribution < 1.29 is 92.9 Å². The molecule has 11 heteroatoms. The van der Waals surface area contributed by atoms with Crippen molar-refractivity contribution in [3.8, 4) is 0 Å². The molecule has 0 unspecified atom stereocenters. The molecule has 0 bridgehead atoms. The number of aliphatic hydroxyl groups excluding tert-OH is 1. The summed E-state index contributed by atoms with van der Waals surface area (Å²) in [4.78, 5) is 28.5. The Morgan fingerprint density at radius 3 is 1.65 bits per heavy atom. The van der Waals surface area contributed by atoms with Gasteiger partial charge in [-0.1, -0.05) is 33.1 Å². The third-order valence-electron chi connectivity index (χ3n) is 2.14. The van der Waals surface area contributed by atoms with Gasteiger partial charge in [0, 0.05) is 9.13 Å². The Labute approximate surface area is 165 Å². The molecule has 106 valence electrons. The zero-order valence-electron chi connectivity index (χ0n) is 12.2. The maximum Gasteiger partial charge on any atom is 1.00 e. The molecule has 0 aliphatic heterocycles. The van der Waals surface area contributed by atoms with Gasteiger partial charge in [0.25, 0.3) is 0 Å². The van der Waals surface area contributed by atoms with Gasteiger partial charge in [-0.3, -0.25) is 0 Å². The van der Waals surface area contributed by atoms with Crippen LogP contribution in [0.3, 0.4) is 0 Å². The van der Waals surface area contributed by atoms with Gasteiger partial charge in [-0.15, -0.1) is 26.2 Å². The molecule has 1 rings (SSSR count). The van der Waals surface area contributed by atoms with Gasteiger partial charge < -0.3 is 5.11 Å². The third-order valence-corrected chi connectivity index (χ3v) is 2.14. The molecular formula is C9H19Na2O7P2+3. The summed E-state index contributed by atoms with van der Waals surface area (Å²) < 4.78 is 17.4. The van der Waals surface area contributed by atoms with Crippen molar-refractivity contribution in [1.82, 2.24) is 0 Å². The van der Waals surface area contributed by atoms with Gasteiger partial charge in [-0.25, -0.2) is 11.6 Å². The largest absolute Gasteiger partial charge is 1.00 e. The maximum atomic E-state index is 8.70. The Hall–Kier alpha value is 1.61. The predicted octanol–water partition coefficient (Wildman–Crippen LogP) is -4.08. The van der Waals surface area contributed by atoms with E-state index in [4.69, 9.17) is 33.8 Å². The first kappa shape index (κ1) is 29.6. The molecule has 0 amide bonds. The minimum Gasteiger partial charge on any atom is -0.458 e. The van der Waals surface area contributed by atoms with E-state index < -0.39 is 16.5 Å². The maximum absolute atomic E-state index is 8.70. The average molecular weight is 347 g/mol. The monoisotopic (exact) mass is 347 g/mol. The van der Waals surface area contributed by atoms with Gasteiger partial charge in [0.2, 0.25) is 0 Å². The fraction of sp³-hybridized carbons (Fsp3) is 0.667. The molecule has 0 spiro atoms. The summed E-state index contributed by atoms with van der Waals surface area (Å²) in [6.07, 6.45) is 5.38. The summed E-state index contributed by atoms with van der Waals surface area (Å²) >= 11 is 0. The third kappa shape index (κ3) is 27.9. The van der Waals surface area contributed by atoms with Gasteiger partial charge in [0.05, 0.1) is 0 Å². The van der Waals surface area contributed by atoms with E-state index >= 15 is 0 Å². The van der Waals surface area contributed by atoms with E-state index in [9.17, 15) is 0 Å². The fourth-order valence-electron chi connectivity index (χ4n) is 1.54. The van der Waals surface area contributed by atoms with E-state index in [2.05, 4.69) is 13.8 Å². The molecule has 1 aliphatic carbocycles. The molecule has 0 aromatic carbocycles. The number of aliphatic hydroxyl groups is 1. The van der Waals surface area contributed by atoms with Crippen molar-refractivity contribution in [2.75, 3.05) is 0 Å². The Morgan fingerprint density at radius 2 is 1.45 bits per heavy atom. The molecule has 1 fully saturated rings. The van der Waals surface area contributed by atoms with E-state index in [1.165, 1.54) is 12.0 Å². The van der Waals surface area contributed by atoms with Crippen LogP contribution in [0.25, 0.3) is 0 Å². The Kier molecular flexibility index (Phi) is 25.1. The molecule has 1 aliphatic rings. The molecule has 7 nitrogen and oxygen atoms in total. The summed E-state index contributed by atoms with van der Waals surface area (Å²) in [5.41, 5.74) is 1.85. The fourth-order valence-corrected chi connectivity index (χ4v) is 1.54. The van der Waals surface area contributed by atoms with Crippen molar-refractivity contribution in [2.45, 2.75) is 33.1 Å². The van der Waals surface area contributed by atoms with Crippen LogP contribution < -0.4 is 59.1 Å². The van der Waals surface area contributed by atoms with Crippen molar-refractivity contribution >= 4 is 16.5 Å². The van der Waals surface area contributed by atoms with Gasteiger partial charge in [-0.05, 0) is 5.41 Å². The molecular weight excluding hydrogens is 328 g/mol. The van der Waals surface area contributed by atoms with Gasteiger partial charge in [0.15, 0.2) is 0 Å². The smallest absolute Gasteiger partial charge is 0.458 e. The second-order valence-electron chi connectivity index (χ2n) is 4.32. The van der Waals surface area contributed by atoms with E-state index in [1.54, 1.807) is 0 Å². The van der Waals surface area contributed by atoms with E-state index in [-0.39, 0.29) is 59.1 Å². The molecule has 0 aromatic heterocycles. The second kappa shape index (κ2) is 17.0. The molecule has 5 N–H and O–H groups in total. The van der Waals surface area contributed by atoms with Crippen molar-refractivity contribution in [3.63, 3.8) is 0 Å². The number of hydrogen-bond donors (Lipinski definition) is 5. The average Bonchev–Trinajstić information content (AvgIpc) is 2.44. The Bertz CT molecular complexity index is 291. The molecule has 0 atom stereocenters. The molecule has 1 saturated carbocycles. The molecule has 0 aromatic rings. The van der Waals surface area contributed by atoms with Gasteiger partial charge in [0.1, 0.15) is 0 Å². The van der Waals surface area contributed by atoms with Crippen LogP contribution in [0, 0.1) is 12.0 Å². The molecule has 20 heavy (non-hydrogen) atoms. The van der Waals surface area contributed by atoms with Crippen molar-refractivity contribution in [3.05, 3.63) is 18.3 Å². The summed E-state index contributed by atoms with van der Waals surface area (Å²) in [6, 6.07) is 0. The normalized spacial score (nSPS) is 16.2. The SMILES string of the molecule is CC1(C)CCC(=C[CH-]O)C1.O=[P+](O)O.O=[P+](O)O.[Na+].[Na+]. The Morgan fingerprint density at radius 1 is 1.10 bits per heavy atom. The predicted molar refractivity (Wildman–Crippen MR) is 66.0 cm³/mol. The summed E-state index contributed by atoms with van der Waals surface area (Å²) in [6.45, 7) is 5.69. The minimum absolute atomic E-state index is 0. The standard InChI is InChI=1S/C9H15O.2Na.2HO3P/c1-9(2)5-3-8(7-9)4-6-10;;;2*1-4(2)3/h4,6,10H,3,5,7H2,1-2H3;;;2*(H-,1,2,3)/q-1;2*+1;;/p+2. The van der Waals surface area contributed by atoms with Gasteiger partial charge >= 0.3 is 75.6 Å². The zero-order valence-corrected chi connectivity index (χ0v) is 18.0. The molecule has 0 heterocycles. The number of hydrogen-bond acceptors (Lipinski definition) is 3. The van der Waals surface area contributed by atoms with E-state index in [0.717, 1.165) is 19.4 Å². The van der Waals surface area contributed by atoms with Crippen LogP contribution in [0.15, 0.2) is 11.6 Å². The summed E-state index contributed by atoms with van der Waals surface area (Å²) in [5.74, 6) is 0. The van der Waals surface area contributed by atoms with E-state index in [0.29, 0.717) is 5.41 Å². The van der Waals surface area contributed by atoms with Crippen LogP contribution in [0.4, 0.5) is 0 Å². The first-order valence-corrected chi connectivity index (χ1v) is 7.29. The first-order chi connectivity index (χ1) is 8.10. The summed E-state index contributed by atoms with van der Waals surface area (Å²) in [5, 5.41) is 8.50. The molecule has 0 saturated heterocycles. The Balaban J connectivity index is -0.000000110. The number of rotatable bonds is 1. The van der Waals surface area contributed by atoms with Crippen LogP contribution in [-0.4, -0.2) is 24.7 Å². The first-order valence-electron chi connectivity index (χ1n) is 4.96. The zero-order chi connectivity index (χ0) is 14.8. The van der Waals surface area contributed by atoms with Crippen LogP contribution in [0.5, 0.6) is 0 Å². The van der Waals surface area contributed by atoms with Crippen LogP contribution in [0.2, 0.25) is 0 Å². The van der Waals surface area contributed by atoms with Crippen molar-refractivity contribution in [1.29, 1.82) is 0 Å². The van der Waals surface area contributed by atoms with Crippen molar-refractivity contribution in [2.24, 2.45) is 5.41 Å². The topological polar surface area (TPSA) is 135 Å². The van der Waals surface area contributed by atoms with Crippen LogP contribution in [-0.2, 0) is 9.13 Å². The minimum atomic E-state index is -2.87. The second-order valence-corrected chi connectivity index (χ2v) is 5.33. The van der Waals surface area contributed by atoms with Crippen LogP contribution >= 0.6 is 16.5 Å². The van der Waals surface area contributed by atoms with Gasteiger partial charge in [-0.2, -0.15) is 0 Å². The quantitative estimate of drug-likeness (QED) is 0.185.